The monoisotopic (exact) mass is 348 g/mol. The number of aromatic nitrogens is 2. The summed E-state index contributed by atoms with van der Waals surface area (Å²) in [5.41, 5.74) is 3.08. The molecule has 1 saturated heterocycles. The van der Waals surface area contributed by atoms with Gasteiger partial charge in [-0.1, -0.05) is 31.2 Å². The summed E-state index contributed by atoms with van der Waals surface area (Å²) in [7, 11) is 0. The van der Waals surface area contributed by atoms with Crippen LogP contribution in [0.2, 0.25) is 0 Å². The van der Waals surface area contributed by atoms with Gasteiger partial charge in [0.25, 0.3) is 0 Å². The first-order valence-corrected chi connectivity index (χ1v) is 10.2. The summed E-state index contributed by atoms with van der Waals surface area (Å²) >= 11 is 0. The van der Waals surface area contributed by atoms with Gasteiger partial charge < -0.3 is 10.2 Å². The van der Waals surface area contributed by atoms with E-state index in [4.69, 9.17) is 9.97 Å². The molecule has 6 rings (SSSR count). The van der Waals surface area contributed by atoms with Crippen LogP contribution in [0.5, 0.6) is 0 Å². The zero-order valence-corrected chi connectivity index (χ0v) is 15.8. The second-order valence-electron chi connectivity index (χ2n) is 8.27. The lowest BCUT2D eigenvalue weighted by atomic mass is 9.75. The number of rotatable bonds is 5. The Balaban J connectivity index is 1.52. The number of piperidine rings is 1. The van der Waals surface area contributed by atoms with Crippen LogP contribution in [0.1, 0.15) is 80.8 Å². The second-order valence-corrected chi connectivity index (χ2v) is 8.27. The van der Waals surface area contributed by atoms with Gasteiger partial charge in [0.2, 0.25) is 0 Å². The molecule has 0 spiro atoms. The molecular formula is C22H28N4. The maximum atomic E-state index is 5.02. The van der Waals surface area contributed by atoms with Gasteiger partial charge in [0, 0.05) is 30.5 Å². The van der Waals surface area contributed by atoms with Crippen molar-refractivity contribution in [3.8, 4) is 0 Å². The normalized spacial score (nSPS) is 25.1. The maximum absolute atomic E-state index is 5.02. The molecule has 2 aliphatic heterocycles. The molecule has 3 atom stereocenters. The van der Waals surface area contributed by atoms with Gasteiger partial charge in [-0.25, -0.2) is 9.97 Å². The number of hydrogen-bond donors (Lipinski definition) is 1. The number of benzene rings is 1. The van der Waals surface area contributed by atoms with Crippen molar-refractivity contribution >= 4 is 11.6 Å². The number of nitrogens with one attached hydrogen (secondary N) is 1. The third-order valence-electron chi connectivity index (χ3n) is 6.35. The van der Waals surface area contributed by atoms with Crippen LogP contribution >= 0.6 is 0 Å². The SMILES string of the molecule is CC[C@@H](C)Nc1cc(N2C[C@H]3CC[C@H]2c2ccccc23)nc(C2CC2)n1. The number of hydrogen-bond acceptors (Lipinski definition) is 4. The summed E-state index contributed by atoms with van der Waals surface area (Å²) in [4.78, 5) is 12.4. The fraction of sp³-hybridized carbons (Fsp3) is 0.545. The first-order chi connectivity index (χ1) is 12.7. The highest BCUT2D eigenvalue weighted by Crippen LogP contribution is 2.48. The molecule has 4 heteroatoms. The molecule has 136 valence electrons. The number of nitrogens with zero attached hydrogens (tertiary/aromatic N) is 3. The van der Waals surface area contributed by atoms with E-state index in [1.807, 2.05) is 0 Å². The van der Waals surface area contributed by atoms with Gasteiger partial charge in [0.1, 0.15) is 17.5 Å². The molecule has 0 unspecified atom stereocenters. The van der Waals surface area contributed by atoms with Crippen molar-refractivity contribution < 1.29 is 0 Å². The Kier molecular flexibility index (Phi) is 3.87. The molecule has 2 bridgehead atoms. The van der Waals surface area contributed by atoms with E-state index in [0.717, 1.165) is 30.4 Å². The molecule has 2 fully saturated rings. The van der Waals surface area contributed by atoms with Crippen molar-refractivity contribution in [2.75, 3.05) is 16.8 Å². The first-order valence-electron chi connectivity index (χ1n) is 10.2. The topological polar surface area (TPSA) is 41.0 Å². The van der Waals surface area contributed by atoms with Crippen molar-refractivity contribution in [2.45, 2.75) is 69.9 Å². The van der Waals surface area contributed by atoms with Crippen LogP contribution < -0.4 is 10.2 Å². The minimum absolute atomic E-state index is 0.434. The van der Waals surface area contributed by atoms with E-state index in [2.05, 4.69) is 54.4 Å². The van der Waals surface area contributed by atoms with Gasteiger partial charge in [-0.3, -0.25) is 0 Å². The van der Waals surface area contributed by atoms with E-state index in [1.165, 1.54) is 31.2 Å². The van der Waals surface area contributed by atoms with Crippen molar-refractivity contribution in [3.05, 3.63) is 47.3 Å². The fourth-order valence-corrected chi connectivity index (χ4v) is 4.54. The van der Waals surface area contributed by atoms with Crippen LogP contribution in [-0.2, 0) is 0 Å². The lowest BCUT2D eigenvalue weighted by molar-refractivity contribution is 0.387. The largest absolute Gasteiger partial charge is 0.367 e. The molecule has 2 aromatic rings. The van der Waals surface area contributed by atoms with Crippen LogP contribution in [0, 0.1) is 0 Å². The van der Waals surface area contributed by atoms with Crippen LogP contribution in [0.15, 0.2) is 30.3 Å². The van der Waals surface area contributed by atoms with E-state index in [0.29, 0.717) is 23.9 Å². The Morgan fingerprint density at radius 2 is 1.85 bits per heavy atom. The smallest absolute Gasteiger partial charge is 0.136 e. The fourth-order valence-electron chi connectivity index (χ4n) is 4.54. The summed E-state index contributed by atoms with van der Waals surface area (Å²) in [6.45, 7) is 5.52. The molecule has 4 nitrogen and oxygen atoms in total. The zero-order chi connectivity index (χ0) is 17.7. The van der Waals surface area contributed by atoms with E-state index in [1.54, 1.807) is 5.56 Å². The lowest BCUT2D eigenvalue weighted by Crippen LogP contribution is -2.43. The van der Waals surface area contributed by atoms with E-state index in [9.17, 15) is 0 Å². The lowest BCUT2D eigenvalue weighted by Gasteiger charge is -2.47. The Morgan fingerprint density at radius 3 is 2.62 bits per heavy atom. The number of anilines is 2. The summed E-state index contributed by atoms with van der Waals surface area (Å²) in [6, 6.07) is 12.1. The zero-order valence-electron chi connectivity index (χ0n) is 15.8. The molecule has 1 saturated carbocycles. The van der Waals surface area contributed by atoms with Crippen LogP contribution in [0.4, 0.5) is 11.6 Å². The number of fused-ring (bicyclic) bond motifs is 2. The summed E-state index contributed by atoms with van der Waals surface area (Å²) in [5, 5.41) is 3.58. The molecule has 2 aliphatic carbocycles. The standard InChI is InChI=1S/C22H28N4/c1-3-14(2)23-20-12-21(25-22(24-20)15-8-9-15)26-13-16-10-11-19(26)18-7-5-4-6-17(16)18/h4-7,12,14-16,19H,3,8-11,13H2,1-2H3,(H,23,24,25)/t14-,16-,19+/m1/s1. The Labute approximate surface area is 156 Å². The molecule has 26 heavy (non-hydrogen) atoms. The quantitative estimate of drug-likeness (QED) is 0.825. The molecule has 3 heterocycles. The minimum Gasteiger partial charge on any atom is -0.367 e. The average molecular weight is 348 g/mol. The predicted molar refractivity (Wildman–Crippen MR) is 106 cm³/mol. The van der Waals surface area contributed by atoms with Crippen molar-refractivity contribution in [2.24, 2.45) is 0 Å². The molecule has 1 aromatic heterocycles. The predicted octanol–water partition coefficient (Wildman–Crippen LogP) is 5.00. The van der Waals surface area contributed by atoms with Gasteiger partial charge >= 0.3 is 0 Å². The van der Waals surface area contributed by atoms with Gasteiger partial charge in [0.15, 0.2) is 0 Å². The third kappa shape index (κ3) is 2.76. The maximum Gasteiger partial charge on any atom is 0.136 e. The van der Waals surface area contributed by atoms with Gasteiger partial charge in [-0.15, -0.1) is 0 Å². The van der Waals surface area contributed by atoms with Crippen LogP contribution in [-0.4, -0.2) is 22.6 Å². The molecule has 0 radical (unpaired) electrons. The molecule has 4 aliphatic rings. The van der Waals surface area contributed by atoms with E-state index >= 15 is 0 Å². The second kappa shape index (κ2) is 6.26. The first kappa shape index (κ1) is 16.1. The van der Waals surface area contributed by atoms with Crippen molar-refractivity contribution in [3.63, 3.8) is 0 Å². The van der Waals surface area contributed by atoms with Crippen LogP contribution in [0.3, 0.4) is 0 Å². The van der Waals surface area contributed by atoms with Crippen molar-refractivity contribution in [1.29, 1.82) is 0 Å². The minimum atomic E-state index is 0.434. The van der Waals surface area contributed by atoms with Gasteiger partial charge in [0.05, 0.1) is 6.04 Å². The van der Waals surface area contributed by atoms with Crippen molar-refractivity contribution in [1.82, 2.24) is 9.97 Å². The molecular weight excluding hydrogens is 320 g/mol. The van der Waals surface area contributed by atoms with E-state index in [-0.39, 0.29) is 0 Å². The average Bonchev–Trinajstić information content (AvgIpc) is 3.53. The summed E-state index contributed by atoms with van der Waals surface area (Å²) < 4.78 is 0. The Morgan fingerprint density at radius 1 is 1.08 bits per heavy atom. The van der Waals surface area contributed by atoms with Crippen LogP contribution in [0.25, 0.3) is 0 Å². The molecule has 0 amide bonds. The highest BCUT2D eigenvalue weighted by molar-refractivity contribution is 5.56. The van der Waals surface area contributed by atoms with Gasteiger partial charge in [-0.05, 0) is 50.2 Å². The Hall–Kier alpha value is -2.10. The Bertz CT molecular complexity index is 814. The molecule has 1 N–H and O–H groups in total. The summed E-state index contributed by atoms with van der Waals surface area (Å²) in [5.74, 6) is 4.38. The highest BCUT2D eigenvalue weighted by atomic mass is 15.2. The van der Waals surface area contributed by atoms with Gasteiger partial charge in [-0.2, -0.15) is 0 Å². The van der Waals surface area contributed by atoms with E-state index < -0.39 is 0 Å². The third-order valence-corrected chi connectivity index (χ3v) is 6.35. The molecule has 1 aromatic carbocycles. The highest BCUT2D eigenvalue weighted by Gasteiger charge is 2.39. The summed E-state index contributed by atoms with van der Waals surface area (Å²) in [6.07, 6.45) is 6.11.